The van der Waals surface area contributed by atoms with Crippen LogP contribution in [0.2, 0.25) is 36.3 Å². The van der Waals surface area contributed by atoms with Crippen LogP contribution in [0.3, 0.4) is 0 Å². The molecule has 0 spiro atoms. The predicted molar refractivity (Wildman–Crippen MR) is 156 cm³/mol. The van der Waals surface area contributed by atoms with Crippen LogP contribution in [0.4, 0.5) is 0 Å². The van der Waals surface area contributed by atoms with E-state index in [0.29, 0.717) is 11.1 Å². The Morgan fingerprint density at radius 2 is 0.868 bits per heavy atom. The van der Waals surface area contributed by atoms with Gasteiger partial charge in [-0.1, -0.05) is 65.8 Å². The third kappa shape index (κ3) is 5.86. The van der Waals surface area contributed by atoms with Crippen LogP contribution in [0, 0.1) is 11.8 Å². The smallest absolute Gasteiger partial charge is 0.307 e. The molecule has 38 heavy (non-hydrogen) atoms. The molecule has 1 fully saturated rings. The van der Waals surface area contributed by atoms with Crippen molar-refractivity contribution in [3.05, 3.63) is 59.7 Å². The molecule has 2 aromatic carbocycles. The average molecular weight is 557 g/mol. The highest BCUT2D eigenvalue weighted by Crippen LogP contribution is 2.58. The Balaban J connectivity index is 1.87. The van der Waals surface area contributed by atoms with E-state index in [0.717, 1.165) is 11.5 Å². The summed E-state index contributed by atoms with van der Waals surface area (Å²) >= 11 is 0. The first kappa shape index (κ1) is 30.0. The van der Waals surface area contributed by atoms with Crippen LogP contribution in [-0.4, -0.2) is 38.8 Å². The Labute approximate surface area is 229 Å². The Bertz CT molecular complexity index is 1060. The molecule has 2 N–H and O–H groups in total. The lowest BCUT2D eigenvalue weighted by molar-refractivity contribution is -0.159. The lowest BCUT2D eigenvalue weighted by Crippen LogP contribution is -2.50. The van der Waals surface area contributed by atoms with E-state index in [1.54, 1.807) is 0 Å². The van der Waals surface area contributed by atoms with Gasteiger partial charge in [-0.2, -0.15) is 0 Å². The molecule has 0 aromatic heterocycles. The summed E-state index contributed by atoms with van der Waals surface area (Å²) in [5.41, 5.74) is 1.42. The number of carboxylic acid groups (broad SMARTS) is 2. The van der Waals surface area contributed by atoms with Gasteiger partial charge >= 0.3 is 11.9 Å². The van der Waals surface area contributed by atoms with Crippen molar-refractivity contribution in [2.45, 2.75) is 89.6 Å². The Morgan fingerprint density at radius 3 is 1.08 bits per heavy atom. The molecule has 0 amide bonds. The lowest BCUT2D eigenvalue weighted by atomic mass is 9.52. The molecule has 6 nitrogen and oxygen atoms in total. The van der Waals surface area contributed by atoms with Crippen LogP contribution < -0.4 is 8.85 Å². The van der Waals surface area contributed by atoms with E-state index in [1.807, 2.05) is 48.5 Å². The molecular formula is C30H44O6Si2. The van der Waals surface area contributed by atoms with Crippen molar-refractivity contribution in [3.63, 3.8) is 0 Å². The number of aliphatic carboxylic acids is 2. The predicted octanol–water partition coefficient (Wildman–Crippen LogP) is 7.74. The molecule has 0 bridgehead atoms. The second-order valence-electron chi connectivity index (χ2n) is 13.6. The van der Waals surface area contributed by atoms with Gasteiger partial charge in [-0.25, -0.2) is 0 Å². The summed E-state index contributed by atoms with van der Waals surface area (Å²) in [4.78, 5) is 24.8. The molecule has 8 heteroatoms. The zero-order chi connectivity index (χ0) is 28.8. The van der Waals surface area contributed by atoms with Crippen molar-refractivity contribution >= 4 is 28.6 Å². The van der Waals surface area contributed by atoms with Crippen LogP contribution >= 0.6 is 0 Å². The maximum Gasteiger partial charge on any atom is 0.307 e. The molecule has 0 aliphatic heterocycles. The first-order valence-corrected chi connectivity index (χ1v) is 19.1. The van der Waals surface area contributed by atoms with Crippen molar-refractivity contribution in [1.29, 1.82) is 0 Å². The molecule has 1 saturated carbocycles. The molecule has 3 rings (SSSR count). The van der Waals surface area contributed by atoms with Gasteiger partial charge in [0.2, 0.25) is 16.6 Å². The minimum atomic E-state index is -2.03. The van der Waals surface area contributed by atoms with Gasteiger partial charge in [-0.3, -0.25) is 9.59 Å². The van der Waals surface area contributed by atoms with Gasteiger partial charge in [-0.15, -0.1) is 0 Å². The summed E-state index contributed by atoms with van der Waals surface area (Å²) in [6.45, 7) is 21.7. The Kier molecular flexibility index (Phi) is 8.03. The molecule has 0 radical (unpaired) electrons. The van der Waals surface area contributed by atoms with Crippen molar-refractivity contribution in [3.8, 4) is 11.5 Å². The SMILES string of the molecule is CC(C)(C)[Si](C)(C)Oc1ccc(C2C(C(=O)O)C(c3ccc(O[Si](C)(C)C(C)(C)C)cc3)C2C(=O)O)cc1. The molecule has 208 valence electrons. The first-order valence-electron chi connectivity index (χ1n) is 13.3. The fourth-order valence-corrected chi connectivity index (χ4v) is 6.67. The van der Waals surface area contributed by atoms with Crippen LogP contribution in [-0.2, 0) is 9.59 Å². The van der Waals surface area contributed by atoms with E-state index < -0.39 is 52.2 Å². The fraction of sp³-hybridized carbons (Fsp3) is 0.533. The minimum Gasteiger partial charge on any atom is -0.544 e. The number of rotatable bonds is 8. The highest BCUT2D eigenvalue weighted by molar-refractivity contribution is 6.75. The van der Waals surface area contributed by atoms with Gasteiger partial charge in [0.15, 0.2) is 0 Å². The average Bonchev–Trinajstić information content (AvgIpc) is 2.73. The summed E-state index contributed by atoms with van der Waals surface area (Å²) in [5.74, 6) is -3.44. The normalized spacial score (nSPS) is 22.4. The van der Waals surface area contributed by atoms with E-state index in [-0.39, 0.29) is 10.1 Å². The number of hydrogen-bond donors (Lipinski definition) is 2. The number of carbonyl (C=O) groups is 2. The monoisotopic (exact) mass is 556 g/mol. The van der Waals surface area contributed by atoms with Crippen molar-refractivity contribution < 1.29 is 28.7 Å². The summed E-state index contributed by atoms with van der Waals surface area (Å²) in [6, 6.07) is 14.7. The largest absolute Gasteiger partial charge is 0.544 e. The Hall–Kier alpha value is -2.59. The van der Waals surface area contributed by atoms with Crippen molar-refractivity contribution in [2.75, 3.05) is 0 Å². The molecule has 1 aliphatic rings. The third-order valence-corrected chi connectivity index (χ3v) is 17.7. The third-order valence-electron chi connectivity index (χ3n) is 9.01. The first-order chi connectivity index (χ1) is 17.3. The maximum absolute atomic E-state index is 12.4. The maximum atomic E-state index is 12.4. The highest BCUT2D eigenvalue weighted by Gasteiger charge is 2.58. The summed E-state index contributed by atoms with van der Waals surface area (Å²) < 4.78 is 12.7. The quantitative estimate of drug-likeness (QED) is 0.323. The number of hydrogen-bond acceptors (Lipinski definition) is 4. The summed E-state index contributed by atoms with van der Waals surface area (Å²) in [7, 11) is -4.06. The van der Waals surface area contributed by atoms with Crippen LogP contribution in [0.15, 0.2) is 48.5 Å². The zero-order valence-electron chi connectivity index (χ0n) is 24.5. The second-order valence-corrected chi connectivity index (χ2v) is 23.1. The number of carboxylic acids is 2. The van der Waals surface area contributed by atoms with Gasteiger partial charge in [0.1, 0.15) is 11.5 Å². The summed E-state index contributed by atoms with van der Waals surface area (Å²) in [6.07, 6.45) is 0. The van der Waals surface area contributed by atoms with Gasteiger partial charge in [0.05, 0.1) is 11.8 Å². The molecular weight excluding hydrogens is 512 g/mol. The van der Waals surface area contributed by atoms with Crippen molar-refractivity contribution in [2.24, 2.45) is 11.8 Å². The van der Waals surface area contributed by atoms with E-state index in [9.17, 15) is 19.8 Å². The van der Waals surface area contributed by atoms with Gasteiger partial charge in [0, 0.05) is 11.8 Å². The van der Waals surface area contributed by atoms with Crippen LogP contribution in [0.1, 0.15) is 64.5 Å². The molecule has 0 heterocycles. The number of benzene rings is 2. The zero-order valence-corrected chi connectivity index (χ0v) is 26.5. The van der Waals surface area contributed by atoms with Gasteiger partial charge in [-0.05, 0) is 71.7 Å². The topological polar surface area (TPSA) is 93.1 Å². The molecule has 0 unspecified atom stereocenters. The minimum absolute atomic E-state index is 0.0426. The van der Waals surface area contributed by atoms with Gasteiger partial charge in [0.25, 0.3) is 0 Å². The van der Waals surface area contributed by atoms with E-state index in [1.165, 1.54) is 0 Å². The van der Waals surface area contributed by atoms with E-state index >= 15 is 0 Å². The van der Waals surface area contributed by atoms with Crippen LogP contribution in [0.25, 0.3) is 0 Å². The molecule has 1 aliphatic carbocycles. The highest BCUT2D eigenvalue weighted by atomic mass is 28.4. The van der Waals surface area contributed by atoms with Crippen molar-refractivity contribution in [1.82, 2.24) is 0 Å². The fourth-order valence-electron chi connectivity index (χ4n) is 4.60. The standard InChI is InChI=1S/C30H44O6Si2/c1-29(2,3)37(7,8)35-21-15-11-19(12-16-21)23-25(27(31)32)24(26(23)28(33)34)20-13-17-22(18-14-20)36-38(9,10)30(4,5)6/h11-18,23-26H,1-10H3,(H,31,32)(H,33,34). The molecule has 0 atom stereocenters. The van der Waals surface area contributed by atoms with E-state index in [2.05, 4.69) is 67.7 Å². The van der Waals surface area contributed by atoms with E-state index in [4.69, 9.17) is 8.85 Å². The Morgan fingerprint density at radius 1 is 0.605 bits per heavy atom. The van der Waals surface area contributed by atoms with Crippen LogP contribution in [0.5, 0.6) is 11.5 Å². The van der Waals surface area contributed by atoms with Gasteiger partial charge < -0.3 is 19.1 Å². The summed E-state index contributed by atoms with van der Waals surface area (Å²) in [5, 5.41) is 20.4. The second kappa shape index (κ2) is 10.2. The molecule has 2 aromatic rings. The lowest BCUT2D eigenvalue weighted by Gasteiger charge is -2.48. The molecule has 0 saturated heterocycles.